The smallest absolute Gasteiger partial charge is 0.175 e. The molecule has 122 valence electrons. The third kappa shape index (κ3) is 2.92. The van der Waals surface area contributed by atoms with Crippen molar-refractivity contribution < 1.29 is 13.3 Å². The Morgan fingerprint density at radius 3 is 1.80 bits per heavy atom. The van der Waals surface area contributed by atoms with E-state index in [-0.39, 0.29) is 11.6 Å². The van der Waals surface area contributed by atoms with Gasteiger partial charge in [-0.2, -0.15) is 0 Å². The predicted octanol–water partition coefficient (Wildman–Crippen LogP) is 5.35. The predicted molar refractivity (Wildman–Crippen MR) is 90.5 cm³/mol. The summed E-state index contributed by atoms with van der Waals surface area (Å²) in [6, 6.07) is 15.7. The quantitative estimate of drug-likeness (QED) is 0.507. The van der Waals surface area contributed by atoms with E-state index in [2.05, 4.69) is 10.1 Å². The van der Waals surface area contributed by atoms with Crippen LogP contribution in [-0.4, -0.2) is 10.1 Å². The van der Waals surface area contributed by atoms with E-state index in [9.17, 15) is 8.78 Å². The molecule has 5 heteroatoms. The normalized spacial score (nSPS) is 10.8. The van der Waals surface area contributed by atoms with Gasteiger partial charge in [0.05, 0.1) is 5.56 Å². The number of rotatable bonds is 3. The lowest BCUT2D eigenvalue weighted by Crippen LogP contribution is -1.86. The molecule has 25 heavy (non-hydrogen) atoms. The van der Waals surface area contributed by atoms with Gasteiger partial charge in [-0.25, -0.2) is 8.78 Å². The molecule has 0 atom stereocenters. The lowest BCUT2D eigenvalue weighted by atomic mass is 9.97. The van der Waals surface area contributed by atoms with Gasteiger partial charge in [-0.05, 0) is 66.2 Å². The van der Waals surface area contributed by atoms with Crippen LogP contribution in [0.1, 0.15) is 0 Å². The summed E-state index contributed by atoms with van der Waals surface area (Å²) in [6.07, 6.45) is 3.34. The summed E-state index contributed by atoms with van der Waals surface area (Å²) in [5, 5.41) is 4.18. The largest absolute Gasteiger partial charge is 0.355 e. The van der Waals surface area contributed by atoms with E-state index in [0.29, 0.717) is 17.0 Å². The van der Waals surface area contributed by atoms with Gasteiger partial charge in [-0.15, -0.1) is 0 Å². The molecule has 0 spiro atoms. The van der Waals surface area contributed by atoms with Gasteiger partial charge in [0.15, 0.2) is 5.76 Å². The van der Waals surface area contributed by atoms with Gasteiger partial charge in [-0.3, -0.25) is 4.98 Å². The third-order valence-corrected chi connectivity index (χ3v) is 3.89. The van der Waals surface area contributed by atoms with Crippen molar-refractivity contribution in [1.82, 2.24) is 10.1 Å². The van der Waals surface area contributed by atoms with Crippen molar-refractivity contribution in [2.75, 3.05) is 0 Å². The molecule has 0 saturated heterocycles. The summed E-state index contributed by atoms with van der Waals surface area (Å²) in [5.41, 5.74) is 3.63. The zero-order valence-corrected chi connectivity index (χ0v) is 13.0. The molecule has 0 aliphatic rings. The Kier molecular flexibility index (Phi) is 3.82. The zero-order chi connectivity index (χ0) is 17.2. The Morgan fingerprint density at radius 1 is 0.640 bits per heavy atom. The average molecular weight is 334 g/mol. The molecule has 2 aromatic carbocycles. The van der Waals surface area contributed by atoms with Gasteiger partial charge in [0.2, 0.25) is 0 Å². The highest BCUT2D eigenvalue weighted by atomic mass is 19.1. The maximum absolute atomic E-state index is 13.2. The van der Waals surface area contributed by atoms with Gasteiger partial charge in [0.25, 0.3) is 0 Å². The highest BCUT2D eigenvalue weighted by Crippen LogP contribution is 2.39. The molecule has 0 amide bonds. The van der Waals surface area contributed by atoms with Crippen LogP contribution in [-0.2, 0) is 0 Å². The first-order valence-electron chi connectivity index (χ1n) is 7.64. The van der Waals surface area contributed by atoms with E-state index < -0.39 is 0 Å². The van der Waals surface area contributed by atoms with Gasteiger partial charge >= 0.3 is 0 Å². The Labute approximate surface area is 142 Å². The molecule has 2 heterocycles. The molecule has 0 aliphatic heterocycles. The van der Waals surface area contributed by atoms with Crippen molar-refractivity contribution in [3.05, 3.63) is 84.7 Å². The van der Waals surface area contributed by atoms with E-state index >= 15 is 0 Å². The Bertz CT molecular complexity index is 931. The van der Waals surface area contributed by atoms with Crippen LogP contribution in [0.5, 0.6) is 0 Å². The fraction of sp³-hybridized carbons (Fsp3) is 0. The molecule has 4 aromatic rings. The average Bonchev–Trinajstić information content (AvgIpc) is 3.09. The van der Waals surface area contributed by atoms with Crippen LogP contribution in [0.15, 0.2) is 77.6 Å². The molecule has 0 bridgehead atoms. The number of hydrogen-bond acceptors (Lipinski definition) is 3. The van der Waals surface area contributed by atoms with E-state index in [4.69, 9.17) is 4.52 Å². The van der Waals surface area contributed by atoms with Crippen LogP contribution in [0.2, 0.25) is 0 Å². The first-order valence-corrected chi connectivity index (χ1v) is 7.64. The minimum absolute atomic E-state index is 0.323. The Morgan fingerprint density at radius 2 is 1.20 bits per heavy atom. The molecular weight excluding hydrogens is 322 g/mol. The van der Waals surface area contributed by atoms with E-state index in [0.717, 1.165) is 16.7 Å². The van der Waals surface area contributed by atoms with Crippen molar-refractivity contribution in [3.8, 4) is 33.7 Å². The van der Waals surface area contributed by atoms with Gasteiger partial charge < -0.3 is 4.52 Å². The summed E-state index contributed by atoms with van der Waals surface area (Å²) in [4.78, 5) is 4.03. The van der Waals surface area contributed by atoms with Gasteiger partial charge in [0.1, 0.15) is 17.3 Å². The summed E-state index contributed by atoms with van der Waals surface area (Å²) >= 11 is 0. The summed E-state index contributed by atoms with van der Waals surface area (Å²) in [7, 11) is 0. The van der Waals surface area contributed by atoms with Crippen LogP contribution in [0.3, 0.4) is 0 Å². The second kappa shape index (κ2) is 6.28. The second-order valence-corrected chi connectivity index (χ2v) is 5.48. The summed E-state index contributed by atoms with van der Waals surface area (Å²) < 4.78 is 32.1. The fourth-order valence-electron chi connectivity index (χ4n) is 2.68. The minimum atomic E-state index is -0.326. The number of hydrogen-bond donors (Lipinski definition) is 0. The lowest BCUT2D eigenvalue weighted by molar-refractivity contribution is 0.435. The van der Waals surface area contributed by atoms with E-state index in [1.54, 1.807) is 36.7 Å². The van der Waals surface area contributed by atoms with Crippen molar-refractivity contribution >= 4 is 0 Å². The summed E-state index contributed by atoms with van der Waals surface area (Å²) in [6.45, 7) is 0. The minimum Gasteiger partial charge on any atom is -0.355 e. The van der Waals surface area contributed by atoms with Crippen LogP contribution in [0.4, 0.5) is 8.78 Å². The van der Waals surface area contributed by atoms with Crippen molar-refractivity contribution in [2.45, 2.75) is 0 Å². The monoisotopic (exact) mass is 334 g/mol. The Hall–Kier alpha value is -3.34. The van der Waals surface area contributed by atoms with E-state index in [1.165, 1.54) is 24.3 Å². The molecule has 0 fully saturated rings. The first-order chi connectivity index (χ1) is 12.2. The maximum atomic E-state index is 13.2. The zero-order valence-electron chi connectivity index (χ0n) is 13.0. The lowest BCUT2D eigenvalue weighted by Gasteiger charge is -2.05. The number of nitrogens with zero attached hydrogens (tertiary/aromatic N) is 2. The highest BCUT2D eigenvalue weighted by Gasteiger charge is 2.20. The fourth-order valence-corrected chi connectivity index (χ4v) is 2.68. The SMILES string of the molecule is Fc1ccc(-c2noc(-c3ccc(F)cc3)c2-c2ccncc2)cc1. The van der Waals surface area contributed by atoms with Crippen LogP contribution in [0.25, 0.3) is 33.7 Å². The van der Waals surface area contributed by atoms with E-state index in [1.807, 2.05) is 12.1 Å². The van der Waals surface area contributed by atoms with Crippen molar-refractivity contribution in [2.24, 2.45) is 0 Å². The van der Waals surface area contributed by atoms with Crippen LogP contribution >= 0.6 is 0 Å². The molecule has 0 N–H and O–H groups in total. The highest BCUT2D eigenvalue weighted by molar-refractivity contribution is 5.90. The molecular formula is C20H12F2N2O. The van der Waals surface area contributed by atoms with Crippen molar-refractivity contribution in [3.63, 3.8) is 0 Å². The number of halogens is 2. The second-order valence-electron chi connectivity index (χ2n) is 5.48. The van der Waals surface area contributed by atoms with Gasteiger partial charge in [0, 0.05) is 23.5 Å². The summed E-state index contributed by atoms with van der Waals surface area (Å²) in [5.74, 6) is -0.130. The van der Waals surface area contributed by atoms with Gasteiger partial charge in [-0.1, -0.05) is 5.16 Å². The third-order valence-electron chi connectivity index (χ3n) is 3.89. The molecule has 2 aromatic heterocycles. The molecule has 0 unspecified atom stereocenters. The molecule has 0 radical (unpaired) electrons. The molecule has 4 rings (SSSR count). The first kappa shape index (κ1) is 15.2. The maximum Gasteiger partial charge on any atom is 0.175 e. The number of benzene rings is 2. The number of aromatic nitrogens is 2. The molecule has 3 nitrogen and oxygen atoms in total. The molecule has 0 aliphatic carbocycles. The standard InChI is InChI=1S/C20H12F2N2O/c21-16-5-1-14(2-6-16)19-18(13-9-11-23-12-10-13)20(25-24-19)15-3-7-17(22)8-4-15/h1-12H. The Balaban J connectivity index is 1.94. The van der Waals surface area contributed by atoms with Crippen LogP contribution < -0.4 is 0 Å². The topological polar surface area (TPSA) is 38.9 Å². The van der Waals surface area contributed by atoms with Crippen LogP contribution in [0, 0.1) is 11.6 Å². The van der Waals surface area contributed by atoms with Crippen molar-refractivity contribution in [1.29, 1.82) is 0 Å². The molecule has 0 saturated carbocycles. The number of pyridine rings is 1.